The van der Waals surface area contributed by atoms with Gasteiger partial charge in [0.1, 0.15) is 17.8 Å². The number of hydrogen-bond donors (Lipinski definition) is 0. The first kappa shape index (κ1) is 20.9. The number of rotatable bonds is 8. The van der Waals surface area contributed by atoms with Crippen molar-refractivity contribution in [3.05, 3.63) is 54.9 Å². The average Bonchev–Trinajstić information content (AvgIpc) is 2.75. The predicted octanol–water partition coefficient (Wildman–Crippen LogP) is 3.87. The van der Waals surface area contributed by atoms with Gasteiger partial charge >= 0.3 is 11.9 Å². The van der Waals surface area contributed by atoms with Crippen molar-refractivity contribution < 1.29 is 23.8 Å². The molecule has 0 saturated heterocycles. The van der Waals surface area contributed by atoms with Crippen LogP contribution in [0, 0.1) is 5.92 Å². The maximum absolute atomic E-state index is 12.1. The van der Waals surface area contributed by atoms with Crippen molar-refractivity contribution in [3.63, 3.8) is 0 Å². The molecule has 3 aromatic rings. The highest BCUT2D eigenvalue weighted by molar-refractivity contribution is 6.09. The topological polar surface area (TPSA) is 100.0 Å². The van der Waals surface area contributed by atoms with Crippen LogP contribution in [0.3, 0.4) is 0 Å². The quantitative estimate of drug-likeness (QED) is 0.317. The van der Waals surface area contributed by atoms with E-state index < -0.39 is 17.9 Å². The van der Waals surface area contributed by atoms with E-state index in [1.165, 1.54) is 12.5 Å². The molecule has 0 aliphatic carbocycles. The van der Waals surface area contributed by atoms with Gasteiger partial charge in [-0.3, -0.25) is 9.59 Å². The Morgan fingerprint density at radius 2 is 1.67 bits per heavy atom. The van der Waals surface area contributed by atoms with Gasteiger partial charge in [-0.05, 0) is 44.2 Å². The van der Waals surface area contributed by atoms with Gasteiger partial charge < -0.3 is 14.2 Å². The summed E-state index contributed by atoms with van der Waals surface area (Å²) in [6.07, 6.45) is 2.54. The number of para-hydroxylation sites is 1. The van der Waals surface area contributed by atoms with E-state index >= 15 is 0 Å². The van der Waals surface area contributed by atoms with Crippen LogP contribution in [-0.4, -0.2) is 41.3 Å². The first-order chi connectivity index (χ1) is 14.6. The summed E-state index contributed by atoms with van der Waals surface area (Å²) in [5.74, 6) is -1.19. The molecule has 8 nitrogen and oxygen atoms in total. The van der Waals surface area contributed by atoms with Gasteiger partial charge in [0.05, 0.1) is 18.7 Å². The molecule has 0 aliphatic rings. The summed E-state index contributed by atoms with van der Waals surface area (Å²) in [5.41, 5.74) is 0.640. The van der Waals surface area contributed by atoms with Crippen molar-refractivity contribution in [1.82, 2.24) is 9.97 Å². The Bertz CT molecular complexity index is 1040. The molecule has 0 radical (unpaired) electrons. The zero-order chi connectivity index (χ0) is 21.3. The van der Waals surface area contributed by atoms with Gasteiger partial charge in [0.25, 0.3) is 0 Å². The second-order valence-corrected chi connectivity index (χ2v) is 6.05. The van der Waals surface area contributed by atoms with Crippen LogP contribution in [0.15, 0.2) is 59.9 Å². The minimum absolute atomic E-state index is 0.138. The van der Waals surface area contributed by atoms with Crippen molar-refractivity contribution in [2.24, 2.45) is 10.9 Å². The maximum atomic E-state index is 12.1. The molecular formula is C22H21N3O5. The third kappa shape index (κ3) is 5.16. The number of aliphatic imine (C=N–C) groups is 1. The second-order valence-electron chi connectivity index (χ2n) is 6.05. The lowest BCUT2D eigenvalue weighted by atomic mass is 10.1. The van der Waals surface area contributed by atoms with Gasteiger partial charge in [0.2, 0.25) is 0 Å². The van der Waals surface area contributed by atoms with Gasteiger partial charge in [-0.1, -0.05) is 18.2 Å². The van der Waals surface area contributed by atoms with Crippen LogP contribution < -0.4 is 4.74 Å². The zero-order valence-corrected chi connectivity index (χ0v) is 16.6. The summed E-state index contributed by atoms with van der Waals surface area (Å²) in [6, 6.07) is 14.6. The molecule has 0 atom stereocenters. The first-order valence-corrected chi connectivity index (χ1v) is 9.47. The number of hydrogen-bond acceptors (Lipinski definition) is 8. The number of benzene rings is 2. The fourth-order valence-corrected chi connectivity index (χ4v) is 2.64. The Hall–Kier alpha value is -3.81. The Morgan fingerprint density at radius 3 is 2.33 bits per heavy atom. The lowest BCUT2D eigenvalue weighted by molar-refractivity contribution is -0.157. The summed E-state index contributed by atoms with van der Waals surface area (Å²) in [6.45, 7) is 3.59. The van der Waals surface area contributed by atoms with Crippen LogP contribution in [0.1, 0.15) is 13.8 Å². The van der Waals surface area contributed by atoms with Gasteiger partial charge in [-0.25, -0.2) is 15.0 Å². The monoisotopic (exact) mass is 407 g/mol. The fraction of sp³-hybridized carbons (Fsp3) is 0.227. The number of fused-ring (bicyclic) bond motifs is 1. The molecule has 0 amide bonds. The zero-order valence-electron chi connectivity index (χ0n) is 16.6. The summed E-state index contributed by atoms with van der Waals surface area (Å²) in [7, 11) is 0. The minimum atomic E-state index is -1.28. The van der Waals surface area contributed by atoms with Gasteiger partial charge in [0, 0.05) is 11.6 Å². The van der Waals surface area contributed by atoms with Crippen LogP contribution in [-0.2, 0) is 19.1 Å². The van der Waals surface area contributed by atoms with E-state index in [1.807, 2.05) is 30.3 Å². The third-order valence-corrected chi connectivity index (χ3v) is 3.99. The van der Waals surface area contributed by atoms with Gasteiger partial charge in [-0.15, -0.1) is 0 Å². The molecule has 0 aliphatic heterocycles. The summed E-state index contributed by atoms with van der Waals surface area (Å²) in [4.78, 5) is 36.9. The van der Waals surface area contributed by atoms with E-state index in [2.05, 4.69) is 15.0 Å². The number of carbonyl (C=O) groups is 2. The smallest absolute Gasteiger partial charge is 0.325 e. The number of ether oxygens (including phenoxy) is 3. The van der Waals surface area contributed by atoms with E-state index in [4.69, 9.17) is 14.2 Å². The number of nitrogens with zero attached hydrogens (tertiary/aromatic N) is 3. The van der Waals surface area contributed by atoms with E-state index in [9.17, 15) is 9.59 Å². The Kier molecular flexibility index (Phi) is 7.05. The molecule has 0 saturated carbocycles. The molecule has 1 aromatic heterocycles. The molecule has 0 spiro atoms. The van der Waals surface area contributed by atoms with Crippen LogP contribution in [0.2, 0.25) is 0 Å². The van der Waals surface area contributed by atoms with Crippen LogP contribution in [0.4, 0.5) is 5.82 Å². The fourth-order valence-electron chi connectivity index (χ4n) is 2.64. The SMILES string of the molecule is CCOC(=O)C(C=Nc1ncnc2ccc(Oc3ccccc3)cc12)C(=O)OCC. The molecule has 154 valence electrons. The Balaban J connectivity index is 1.92. The van der Waals surface area contributed by atoms with Crippen molar-refractivity contribution in [3.8, 4) is 11.5 Å². The molecule has 0 unspecified atom stereocenters. The minimum Gasteiger partial charge on any atom is -0.465 e. The molecule has 3 rings (SSSR count). The van der Waals surface area contributed by atoms with Crippen molar-refractivity contribution in [2.45, 2.75) is 13.8 Å². The standard InChI is InChI=1S/C22H21N3O5/c1-3-28-21(26)18(22(27)29-4-2)13-23-20-17-12-16(10-11-19(17)24-14-25-20)30-15-8-6-5-7-9-15/h5-14,18H,3-4H2,1-2H3. The number of aromatic nitrogens is 2. The van der Waals surface area contributed by atoms with Crippen LogP contribution >= 0.6 is 0 Å². The highest BCUT2D eigenvalue weighted by Gasteiger charge is 2.27. The van der Waals surface area contributed by atoms with Crippen molar-refractivity contribution in [1.29, 1.82) is 0 Å². The highest BCUT2D eigenvalue weighted by atomic mass is 16.6. The Morgan fingerprint density at radius 1 is 0.967 bits per heavy atom. The molecule has 8 heteroatoms. The predicted molar refractivity (Wildman–Crippen MR) is 111 cm³/mol. The lowest BCUT2D eigenvalue weighted by Gasteiger charge is -2.10. The molecule has 0 bridgehead atoms. The van der Waals surface area contributed by atoms with Gasteiger partial charge in [0.15, 0.2) is 11.7 Å². The van der Waals surface area contributed by atoms with E-state index in [-0.39, 0.29) is 19.0 Å². The summed E-state index contributed by atoms with van der Waals surface area (Å²) < 4.78 is 15.8. The molecule has 0 N–H and O–H groups in total. The summed E-state index contributed by atoms with van der Waals surface area (Å²) in [5, 5.41) is 0.605. The Labute approximate surface area is 173 Å². The first-order valence-electron chi connectivity index (χ1n) is 9.47. The number of carbonyl (C=O) groups excluding carboxylic acids is 2. The average molecular weight is 407 g/mol. The molecule has 1 heterocycles. The van der Waals surface area contributed by atoms with E-state index in [0.29, 0.717) is 22.4 Å². The largest absolute Gasteiger partial charge is 0.465 e. The van der Waals surface area contributed by atoms with E-state index in [1.54, 1.807) is 32.0 Å². The van der Waals surface area contributed by atoms with E-state index in [0.717, 1.165) is 0 Å². The van der Waals surface area contributed by atoms with Crippen LogP contribution in [0.5, 0.6) is 11.5 Å². The second kappa shape index (κ2) is 10.1. The third-order valence-electron chi connectivity index (χ3n) is 3.99. The normalized spacial score (nSPS) is 11.0. The maximum Gasteiger partial charge on any atom is 0.325 e. The van der Waals surface area contributed by atoms with Crippen molar-refractivity contribution >= 4 is 34.9 Å². The lowest BCUT2D eigenvalue weighted by Crippen LogP contribution is -2.29. The molecule has 2 aromatic carbocycles. The molecule has 30 heavy (non-hydrogen) atoms. The summed E-state index contributed by atoms with van der Waals surface area (Å²) >= 11 is 0. The van der Waals surface area contributed by atoms with Crippen LogP contribution in [0.25, 0.3) is 10.9 Å². The van der Waals surface area contributed by atoms with Gasteiger partial charge in [-0.2, -0.15) is 0 Å². The van der Waals surface area contributed by atoms with Crippen molar-refractivity contribution in [2.75, 3.05) is 13.2 Å². The molecule has 0 fully saturated rings. The highest BCUT2D eigenvalue weighted by Crippen LogP contribution is 2.29. The molecular weight excluding hydrogens is 386 g/mol. The number of esters is 2.